The molecule has 9 heteroatoms. The molecule has 1 aliphatic carbocycles. The van der Waals surface area contributed by atoms with Gasteiger partial charge in [-0.1, -0.05) is 12.2 Å². The van der Waals surface area contributed by atoms with Crippen molar-refractivity contribution in [1.29, 1.82) is 0 Å². The number of allylic oxidation sites excluding steroid dienone is 2. The number of aryl methyl sites for hydroxylation is 2. The quantitative estimate of drug-likeness (QED) is 0.559. The lowest BCUT2D eigenvalue weighted by atomic mass is 9.85. The molecule has 1 aromatic rings. The number of likely N-dealkylation sites (tertiary alicyclic amines) is 1. The Morgan fingerprint density at radius 1 is 1.04 bits per heavy atom. The summed E-state index contributed by atoms with van der Waals surface area (Å²) in [4.78, 5) is 26.8. The van der Waals surface area contributed by atoms with Crippen molar-refractivity contribution in [3.63, 3.8) is 0 Å². The third kappa shape index (κ3) is 2.30. The molecule has 2 amide bonds. The van der Waals surface area contributed by atoms with E-state index in [9.17, 15) is 18.0 Å². The van der Waals surface area contributed by atoms with Gasteiger partial charge in [-0.2, -0.15) is 9.40 Å². The second kappa shape index (κ2) is 5.75. The van der Waals surface area contributed by atoms with Crippen LogP contribution in [0.3, 0.4) is 0 Å². The van der Waals surface area contributed by atoms with Gasteiger partial charge in [-0.3, -0.25) is 19.2 Å². The number of carbonyl (C=O) groups excluding carboxylic acids is 2. The Bertz CT molecular complexity index is 901. The van der Waals surface area contributed by atoms with Crippen molar-refractivity contribution in [2.45, 2.75) is 37.6 Å². The Hall–Kier alpha value is -2.00. The summed E-state index contributed by atoms with van der Waals surface area (Å²) in [6.07, 6.45) is 5.08. The lowest BCUT2D eigenvalue weighted by Crippen LogP contribution is -2.62. The van der Waals surface area contributed by atoms with E-state index >= 15 is 0 Å². The lowest BCUT2D eigenvalue weighted by Gasteiger charge is -2.42. The molecule has 2 unspecified atom stereocenters. The van der Waals surface area contributed by atoms with Gasteiger partial charge in [0.05, 0.1) is 29.3 Å². The van der Waals surface area contributed by atoms with Crippen LogP contribution in [0.25, 0.3) is 0 Å². The van der Waals surface area contributed by atoms with Crippen molar-refractivity contribution in [1.82, 2.24) is 19.0 Å². The third-order valence-electron chi connectivity index (χ3n) is 5.78. The predicted molar refractivity (Wildman–Crippen MR) is 92.4 cm³/mol. The van der Waals surface area contributed by atoms with E-state index in [1.165, 1.54) is 9.21 Å². The molecule has 0 bridgehead atoms. The molecule has 0 radical (unpaired) electrons. The summed E-state index contributed by atoms with van der Waals surface area (Å²) >= 11 is 0. The summed E-state index contributed by atoms with van der Waals surface area (Å²) in [5.41, 5.74) is 1.04. The van der Waals surface area contributed by atoms with Crippen LogP contribution in [0.15, 0.2) is 17.0 Å². The number of imide groups is 1. The zero-order valence-electron chi connectivity index (χ0n) is 15.0. The number of hydrogen-bond acceptors (Lipinski definition) is 5. The summed E-state index contributed by atoms with van der Waals surface area (Å²) in [5, 5.41) is 4.17. The molecule has 1 aromatic heterocycles. The minimum absolute atomic E-state index is 0.153. The first-order valence-electron chi connectivity index (χ1n) is 8.75. The second-order valence-corrected chi connectivity index (χ2v) is 9.18. The van der Waals surface area contributed by atoms with Crippen molar-refractivity contribution in [3.8, 4) is 0 Å². The molecule has 0 spiro atoms. The molecule has 0 aromatic carbocycles. The molecule has 26 heavy (non-hydrogen) atoms. The smallest absolute Gasteiger partial charge is 0.246 e. The molecule has 3 aliphatic rings. The molecular weight excluding hydrogens is 356 g/mol. The number of fused-ring (bicyclic) bond motifs is 1. The van der Waals surface area contributed by atoms with E-state index in [4.69, 9.17) is 0 Å². The zero-order valence-corrected chi connectivity index (χ0v) is 15.9. The first-order chi connectivity index (χ1) is 12.2. The maximum Gasteiger partial charge on any atom is 0.246 e. The highest BCUT2D eigenvalue weighted by Crippen LogP contribution is 2.38. The minimum Gasteiger partial charge on any atom is -0.276 e. The van der Waals surface area contributed by atoms with Crippen LogP contribution in [0.4, 0.5) is 0 Å². The lowest BCUT2D eigenvalue weighted by molar-refractivity contribution is -0.145. The molecule has 0 saturated carbocycles. The maximum absolute atomic E-state index is 12.9. The van der Waals surface area contributed by atoms with E-state index < -0.39 is 10.0 Å². The number of aromatic nitrogens is 2. The number of amides is 2. The Balaban J connectivity index is 1.52. The summed E-state index contributed by atoms with van der Waals surface area (Å²) in [7, 11) is -1.97. The average molecular weight is 378 g/mol. The molecule has 2 fully saturated rings. The Morgan fingerprint density at radius 3 is 2.04 bits per heavy atom. The van der Waals surface area contributed by atoms with Crippen LogP contribution in [0.1, 0.15) is 24.2 Å². The van der Waals surface area contributed by atoms with Crippen molar-refractivity contribution in [2.24, 2.45) is 18.9 Å². The molecule has 2 aliphatic heterocycles. The highest BCUT2D eigenvalue weighted by Gasteiger charge is 2.53. The maximum atomic E-state index is 12.9. The molecule has 8 nitrogen and oxygen atoms in total. The normalized spacial score (nSPS) is 27.1. The average Bonchev–Trinajstić information content (AvgIpc) is 2.94. The van der Waals surface area contributed by atoms with Crippen LogP contribution >= 0.6 is 0 Å². The number of sulfonamides is 1. The molecule has 3 heterocycles. The molecule has 140 valence electrons. The van der Waals surface area contributed by atoms with E-state index in [2.05, 4.69) is 5.10 Å². The zero-order chi connectivity index (χ0) is 18.8. The van der Waals surface area contributed by atoms with Crippen LogP contribution in [0.2, 0.25) is 0 Å². The summed E-state index contributed by atoms with van der Waals surface area (Å²) < 4.78 is 28.7. The van der Waals surface area contributed by atoms with E-state index in [0.29, 0.717) is 24.2 Å². The fourth-order valence-electron chi connectivity index (χ4n) is 4.22. The first-order valence-corrected chi connectivity index (χ1v) is 10.2. The minimum atomic E-state index is -3.68. The van der Waals surface area contributed by atoms with Gasteiger partial charge in [0.25, 0.3) is 0 Å². The van der Waals surface area contributed by atoms with Gasteiger partial charge in [0.15, 0.2) is 0 Å². The second-order valence-electron chi connectivity index (χ2n) is 7.30. The van der Waals surface area contributed by atoms with Crippen LogP contribution < -0.4 is 0 Å². The predicted octanol–water partition coefficient (Wildman–Crippen LogP) is 0.361. The van der Waals surface area contributed by atoms with Gasteiger partial charge in [-0.05, 0) is 26.7 Å². The number of nitrogens with zero attached hydrogens (tertiary/aromatic N) is 4. The van der Waals surface area contributed by atoms with Gasteiger partial charge in [-0.15, -0.1) is 0 Å². The highest BCUT2D eigenvalue weighted by atomic mass is 32.2. The molecule has 2 atom stereocenters. The monoisotopic (exact) mass is 378 g/mol. The Labute approximate surface area is 152 Å². The fraction of sp³-hybridized carbons (Fsp3) is 0.588. The van der Waals surface area contributed by atoms with Crippen LogP contribution in [0.5, 0.6) is 0 Å². The number of hydrogen-bond donors (Lipinski definition) is 0. The highest BCUT2D eigenvalue weighted by molar-refractivity contribution is 7.89. The van der Waals surface area contributed by atoms with E-state index in [-0.39, 0.29) is 47.7 Å². The molecular formula is C17H22N4O4S. The first kappa shape index (κ1) is 17.4. The molecule has 4 rings (SSSR count). The number of carbonyl (C=O) groups is 2. The Kier molecular flexibility index (Phi) is 3.85. The van der Waals surface area contributed by atoms with Crippen molar-refractivity contribution >= 4 is 21.8 Å². The largest absolute Gasteiger partial charge is 0.276 e. The van der Waals surface area contributed by atoms with Gasteiger partial charge in [0, 0.05) is 20.1 Å². The number of rotatable bonds is 3. The van der Waals surface area contributed by atoms with Crippen LogP contribution in [-0.2, 0) is 26.7 Å². The van der Waals surface area contributed by atoms with E-state index in [0.717, 1.165) is 0 Å². The van der Waals surface area contributed by atoms with Gasteiger partial charge >= 0.3 is 0 Å². The standard InChI is InChI=1S/C17H22N4O4S/c1-10-15(11(2)19(3)18-10)26(24,25)20-8-12(9-20)21-16(22)13-6-4-5-7-14(13)17(21)23/h4-5,12-14H,6-9H2,1-3H3. The SMILES string of the molecule is Cc1nn(C)c(C)c1S(=O)(=O)N1CC(N2C(=O)C3CC=CCC3C2=O)C1. The molecule has 0 N–H and O–H groups in total. The topological polar surface area (TPSA) is 92.6 Å². The van der Waals surface area contributed by atoms with Gasteiger partial charge in [-0.25, -0.2) is 8.42 Å². The van der Waals surface area contributed by atoms with E-state index in [1.54, 1.807) is 25.6 Å². The van der Waals surface area contributed by atoms with E-state index in [1.807, 2.05) is 12.2 Å². The van der Waals surface area contributed by atoms with Gasteiger partial charge in [0.2, 0.25) is 21.8 Å². The third-order valence-corrected chi connectivity index (χ3v) is 7.86. The van der Waals surface area contributed by atoms with Gasteiger partial charge < -0.3 is 0 Å². The summed E-state index contributed by atoms with van der Waals surface area (Å²) in [5.74, 6) is -0.859. The summed E-state index contributed by atoms with van der Waals surface area (Å²) in [6.45, 7) is 3.69. The van der Waals surface area contributed by atoms with Crippen molar-refractivity contribution in [3.05, 3.63) is 23.5 Å². The van der Waals surface area contributed by atoms with Crippen LogP contribution in [-0.4, -0.2) is 58.3 Å². The van der Waals surface area contributed by atoms with Gasteiger partial charge in [0.1, 0.15) is 4.90 Å². The van der Waals surface area contributed by atoms with Crippen molar-refractivity contribution < 1.29 is 18.0 Å². The fourth-order valence-corrected chi connectivity index (χ4v) is 6.13. The van der Waals surface area contributed by atoms with Crippen LogP contribution in [0, 0.1) is 25.7 Å². The Morgan fingerprint density at radius 2 is 1.58 bits per heavy atom. The summed E-state index contributed by atoms with van der Waals surface area (Å²) in [6, 6.07) is -0.368. The molecule has 2 saturated heterocycles. The van der Waals surface area contributed by atoms with Crippen molar-refractivity contribution in [2.75, 3.05) is 13.1 Å².